The van der Waals surface area contributed by atoms with Gasteiger partial charge in [0, 0.05) is 13.6 Å². The monoisotopic (exact) mass is 483 g/mol. The highest BCUT2D eigenvalue weighted by molar-refractivity contribution is 6.35. The van der Waals surface area contributed by atoms with E-state index in [1.165, 1.54) is 0 Å². The maximum atomic E-state index is 12.9. The Hall–Kier alpha value is -3.38. The van der Waals surface area contributed by atoms with Crippen molar-refractivity contribution < 1.29 is 23.7 Å². The smallest absolute Gasteiger partial charge is 0.255 e. The number of carbonyl (C=O) groups excluding carboxylic acids is 1. The van der Waals surface area contributed by atoms with Crippen molar-refractivity contribution in [2.45, 2.75) is 26.6 Å². The molecule has 0 bridgehead atoms. The molecule has 0 spiro atoms. The second-order valence-electron chi connectivity index (χ2n) is 7.75. The van der Waals surface area contributed by atoms with Gasteiger partial charge in [-0.1, -0.05) is 42.8 Å². The average molecular weight is 484 g/mol. The molecule has 0 unspecified atom stereocenters. The lowest BCUT2D eigenvalue weighted by Crippen LogP contribution is -2.27. The zero-order valence-corrected chi connectivity index (χ0v) is 20.7. The van der Waals surface area contributed by atoms with Crippen molar-refractivity contribution in [3.8, 4) is 23.0 Å². The average Bonchev–Trinajstić information content (AvgIpc) is 2.87. The van der Waals surface area contributed by atoms with Crippen molar-refractivity contribution in [1.29, 1.82) is 0 Å². The Labute approximate surface area is 206 Å². The molecule has 0 atom stereocenters. The molecule has 0 aliphatic heterocycles. The Morgan fingerprint density at radius 3 is 1.85 bits per heavy atom. The van der Waals surface area contributed by atoms with E-state index >= 15 is 0 Å². The van der Waals surface area contributed by atoms with Crippen LogP contribution < -0.4 is 18.9 Å². The Balaban J connectivity index is 1.85. The molecule has 0 fully saturated rings. The van der Waals surface area contributed by atoms with Gasteiger partial charge in [0.05, 0.1) is 24.8 Å². The fourth-order valence-electron chi connectivity index (χ4n) is 3.35. The van der Waals surface area contributed by atoms with Crippen molar-refractivity contribution in [2.75, 3.05) is 27.8 Å². The van der Waals surface area contributed by atoms with E-state index in [1.807, 2.05) is 55.5 Å². The molecule has 0 aliphatic carbocycles. The molecule has 3 rings (SSSR count). The topological polar surface area (TPSA) is 57.2 Å². The molecule has 0 N–H and O–H groups in total. The van der Waals surface area contributed by atoms with Crippen LogP contribution in [0.4, 0.5) is 0 Å². The predicted octanol–water partition coefficient (Wildman–Crippen LogP) is 6.00. The fraction of sp³-hybridized carbons (Fsp3) is 0.296. The fourth-order valence-corrected chi connectivity index (χ4v) is 3.65. The summed E-state index contributed by atoms with van der Waals surface area (Å²) in [7, 11) is 5.00. The van der Waals surface area contributed by atoms with Crippen LogP contribution in [0.1, 0.15) is 34.8 Å². The number of hydrogen-bond donors (Lipinski definition) is 0. The van der Waals surface area contributed by atoms with Crippen LogP contribution in [0.15, 0.2) is 60.7 Å². The van der Waals surface area contributed by atoms with Crippen LogP contribution >= 0.6 is 11.6 Å². The van der Waals surface area contributed by atoms with Crippen LogP contribution in [0.2, 0.25) is 5.02 Å². The molecule has 0 aliphatic rings. The molecular weight excluding hydrogens is 454 g/mol. The summed E-state index contributed by atoms with van der Waals surface area (Å²) < 4.78 is 22.6. The largest absolute Gasteiger partial charge is 0.497 e. The molecule has 0 heterocycles. The van der Waals surface area contributed by atoms with Crippen molar-refractivity contribution in [2.24, 2.45) is 0 Å². The maximum absolute atomic E-state index is 12.9. The van der Waals surface area contributed by atoms with Crippen LogP contribution in [0.25, 0.3) is 0 Å². The number of methoxy groups -OCH3 is 2. The third kappa shape index (κ3) is 6.35. The zero-order valence-electron chi connectivity index (χ0n) is 20.0. The third-order valence-electron chi connectivity index (χ3n) is 5.29. The summed E-state index contributed by atoms with van der Waals surface area (Å²) in [5, 5.41) is 0.230. The second-order valence-corrected chi connectivity index (χ2v) is 8.13. The lowest BCUT2D eigenvalue weighted by Gasteiger charge is -2.20. The number of carbonyl (C=O) groups is 1. The minimum Gasteiger partial charge on any atom is -0.497 e. The molecule has 3 aromatic carbocycles. The molecule has 7 heteroatoms. The lowest BCUT2D eigenvalue weighted by atomic mass is 10.1. The molecule has 3 aromatic rings. The Morgan fingerprint density at radius 2 is 1.35 bits per heavy atom. The predicted molar refractivity (Wildman–Crippen MR) is 133 cm³/mol. The first kappa shape index (κ1) is 25.2. The van der Waals surface area contributed by atoms with Gasteiger partial charge in [0.25, 0.3) is 5.91 Å². The molecule has 6 nitrogen and oxygen atoms in total. The quantitative estimate of drug-likeness (QED) is 0.335. The highest BCUT2D eigenvalue weighted by Crippen LogP contribution is 2.39. The number of benzene rings is 3. The van der Waals surface area contributed by atoms with Crippen molar-refractivity contribution in [3.05, 3.63) is 82.4 Å². The molecule has 34 heavy (non-hydrogen) atoms. The molecule has 0 saturated carbocycles. The standard InChI is InChI=1S/C27H30ClNO5/c1-5-16-29(2)27(30)23-14-15-24(33-17-19-6-10-21(31-3)11-7-19)26(25(23)28)34-18-20-8-12-22(32-4)13-9-20/h6-15H,5,16-18H2,1-4H3. The second kappa shape index (κ2) is 12.2. The van der Waals surface area contributed by atoms with Crippen LogP contribution in [-0.2, 0) is 13.2 Å². The van der Waals surface area contributed by atoms with Gasteiger partial charge >= 0.3 is 0 Å². The molecule has 1 amide bonds. The minimum atomic E-state index is -0.164. The summed E-state index contributed by atoms with van der Waals surface area (Å²) in [4.78, 5) is 14.6. The van der Waals surface area contributed by atoms with Gasteiger partial charge in [0.1, 0.15) is 24.7 Å². The summed E-state index contributed by atoms with van der Waals surface area (Å²) in [6.45, 7) is 3.21. The molecule has 180 valence electrons. The van der Waals surface area contributed by atoms with Crippen molar-refractivity contribution >= 4 is 17.5 Å². The molecule has 0 radical (unpaired) electrons. The van der Waals surface area contributed by atoms with E-state index in [4.69, 9.17) is 30.5 Å². The van der Waals surface area contributed by atoms with Gasteiger partial charge in [-0.05, 0) is 53.9 Å². The summed E-state index contributed by atoms with van der Waals surface area (Å²) in [6, 6.07) is 18.6. The molecule has 0 saturated heterocycles. The van der Waals surface area contributed by atoms with Crippen molar-refractivity contribution in [1.82, 2.24) is 4.90 Å². The number of nitrogens with zero attached hydrogens (tertiary/aromatic N) is 1. The van der Waals surface area contributed by atoms with E-state index in [1.54, 1.807) is 38.3 Å². The number of hydrogen-bond acceptors (Lipinski definition) is 5. The van der Waals surface area contributed by atoms with Gasteiger partial charge in [0.2, 0.25) is 0 Å². The molecular formula is C27H30ClNO5. The molecule has 0 aromatic heterocycles. The number of halogens is 1. The summed E-state index contributed by atoms with van der Waals surface area (Å²) in [5.74, 6) is 2.17. The van der Waals surface area contributed by atoms with Crippen molar-refractivity contribution in [3.63, 3.8) is 0 Å². The Bertz CT molecular complexity index is 1080. The number of rotatable bonds is 11. The van der Waals surface area contributed by atoms with Gasteiger partial charge < -0.3 is 23.8 Å². The Kier molecular flexibility index (Phi) is 9.05. The summed E-state index contributed by atoms with van der Waals surface area (Å²) in [5.41, 5.74) is 2.26. The van der Waals surface area contributed by atoms with Crippen LogP contribution in [0, 0.1) is 0 Å². The van der Waals surface area contributed by atoms with Gasteiger partial charge in [-0.25, -0.2) is 0 Å². The minimum absolute atomic E-state index is 0.164. The van der Waals surface area contributed by atoms with Gasteiger partial charge in [-0.2, -0.15) is 0 Å². The Morgan fingerprint density at radius 1 is 0.824 bits per heavy atom. The first-order chi connectivity index (χ1) is 16.5. The summed E-state index contributed by atoms with van der Waals surface area (Å²) >= 11 is 6.70. The number of ether oxygens (including phenoxy) is 4. The maximum Gasteiger partial charge on any atom is 0.255 e. The highest BCUT2D eigenvalue weighted by Gasteiger charge is 2.21. The van der Waals surface area contributed by atoms with Gasteiger partial charge in [-0.15, -0.1) is 0 Å². The summed E-state index contributed by atoms with van der Waals surface area (Å²) in [6.07, 6.45) is 0.851. The van der Waals surface area contributed by atoms with Crippen LogP contribution in [0.3, 0.4) is 0 Å². The first-order valence-corrected chi connectivity index (χ1v) is 11.4. The van der Waals surface area contributed by atoms with E-state index in [0.717, 1.165) is 29.0 Å². The van der Waals surface area contributed by atoms with Gasteiger partial charge in [0.15, 0.2) is 11.5 Å². The van der Waals surface area contributed by atoms with E-state index in [9.17, 15) is 4.79 Å². The first-order valence-electron chi connectivity index (χ1n) is 11.1. The normalized spacial score (nSPS) is 10.5. The number of amides is 1. The zero-order chi connectivity index (χ0) is 24.5. The van der Waals surface area contributed by atoms with Crippen LogP contribution in [0.5, 0.6) is 23.0 Å². The SMILES string of the molecule is CCCN(C)C(=O)c1ccc(OCc2ccc(OC)cc2)c(OCc2ccc(OC)cc2)c1Cl. The van der Waals surface area contributed by atoms with E-state index in [0.29, 0.717) is 30.2 Å². The van der Waals surface area contributed by atoms with E-state index in [-0.39, 0.29) is 17.5 Å². The lowest BCUT2D eigenvalue weighted by molar-refractivity contribution is 0.0794. The highest BCUT2D eigenvalue weighted by atomic mass is 35.5. The van der Waals surface area contributed by atoms with Crippen LogP contribution in [-0.4, -0.2) is 38.6 Å². The van der Waals surface area contributed by atoms with Gasteiger partial charge in [-0.3, -0.25) is 4.79 Å². The third-order valence-corrected chi connectivity index (χ3v) is 5.67. The van der Waals surface area contributed by atoms with E-state index in [2.05, 4.69) is 0 Å². The van der Waals surface area contributed by atoms with E-state index < -0.39 is 0 Å².